The highest BCUT2D eigenvalue weighted by Gasteiger charge is 2.59. The third kappa shape index (κ3) is 4.45. The molecule has 0 N–H and O–H groups in total. The second-order valence-electron chi connectivity index (χ2n) is 2.74. The van der Waals surface area contributed by atoms with Crippen LogP contribution in [0.5, 0.6) is 0 Å². The fourth-order valence-electron chi connectivity index (χ4n) is 0.504. The Balaban J connectivity index is 4.47. The second kappa shape index (κ2) is 4.68. The number of halogens is 9. The molecule has 0 amide bonds. The normalized spacial score (nSPS) is 16.3. The minimum absolute atomic E-state index is 2.35. The van der Waals surface area contributed by atoms with Gasteiger partial charge >= 0.3 is 12.3 Å². The van der Waals surface area contributed by atoms with Gasteiger partial charge in [0.1, 0.15) is 6.61 Å². The first-order valence-electron chi connectivity index (χ1n) is 3.59. The van der Waals surface area contributed by atoms with Gasteiger partial charge in [0.05, 0.1) is 0 Å². The number of hydrogen-bond acceptors (Lipinski definition) is 1. The first-order valence-corrected chi connectivity index (χ1v) is 3.59. The third-order valence-corrected chi connectivity index (χ3v) is 1.25. The van der Waals surface area contributed by atoms with Crippen molar-refractivity contribution in [1.29, 1.82) is 0 Å². The van der Waals surface area contributed by atoms with E-state index in [9.17, 15) is 39.5 Å². The molecule has 98 valence electrons. The topological polar surface area (TPSA) is 9.23 Å². The average Bonchev–Trinajstić information content (AvgIpc) is 2.13. The molecule has 0 bridgehead atoms. The largest absolute Gasteiger partial charge is 0.428 e. The molecule has 1 nitrogen and oxygen atoms in total. The van der Waals surface area contributed by atoms with E-state index in [0.717, 1.165) is 0 Å². The van der Waals surface area contributed by atoms with Crippen LogP contribution in [-0.4, -0.2) is 37.7 Å². The molecule has 0 aliphatic heterocycles. The van der Waals surface area contributed by atoms with Crippen LogP contribution in [0.4, 0.5) is 39.5 Å². The number of ether oxygens (including phenoxy) is 1. The highest BCUT2D eigenvalue weighted by molar-refractivity contribution is 4.76. The molecule has 0 fully saturated rings. The Labute approximate surface area is 83.2 Å². The van der Waals surface area contributed by atoms with Crippen LogP contribution in [0, 0.1) is 0 Å². The molecule has 0 saturated heterocycles. The molecular formula is C6H5F9O. The summed E-state index contributed by atoms with van der Waals surface area (Å²) in [6.07, 6.45) is -16.2. The van der Waals surface area contributed by atoms with E-state index < -0.39 is 37.7 Å². The Bertz CT molecular complexity index is 223. The maximum absolute atomic E-state index is 12.2. The number of alkyl halides is 9. The minimum atomic E-state index is -5.96. The lowest BCUT2D eigenvalue weighted by molar-refractivity contribution is -0.346. The number of rotatable bonds is 5. The molecule has 0 aromatic carbocycles. The van der Waals surface area contributed by atoms with E-state index >= 15 is 0 Å². The molecule has 0 spiro atoms. The molecule has 0 rings (SSSR count). The van der Waals surface area contributed by atoms with Crippen LogP contribution in [0.15, 0.2) is 0 Å². The summed E-state index contributed by atoms with van der Waals surface area (Å²) in [5.74, 6) is -4.39. The van der Waals surface area contributed by atoms with E-state index in [1.165, 1.54) is 0 Å². The molecule has 16 heavy (non-hydrogen) atoms. The number of hydrogen-bond donors (Lipinski definition) is 0. The van der Waals surface area contributed by atoms with Gasteiger partial charge in [-0.05, 0) is 0 Å². The average molecular weight is 264 g/mol. The Morgan fingerprint density at radius 3 is 1.69 bits per heavy atom. The molecule has 1 atom stereocenters. The smallest absolute Gasteiger partial charge is 0.311 e. The Kier molecular flexibility index (Phi) is 4.48. The molecule has 0 aliphatic carbocycles. The quantitative estimate of drug-likeness (QED) is 0.693. The molecular weight excluding hydrogens is 259 g/mol. The fraction of sp³-hybridized carbons (Fsp3) is 1.00. The molecule has 0 radical (unpaired) electrons. The Hall–Kier alpha value is -0.670. The summed E-state index contributed by atoms with van der Waals surface area (Å²) in [5.41, 5.74) is 0. The van der Waals surface area contributed by atoms with Crippen LogP contribution in [0.25, 0.3) is 0 Å². The summed E-state index contributed by atoms with van der Waals surface area (Å²) in [4.78, 5) is 0. The van der Waals surface area contributed by atoms with Crippen molar-refractivity contribution in [2.75, 3.05) is 13.3 Å². The second-order valence-corrected chi connectivity index (χ2v) is 2.74. The van der Waals surface area contributed by atoms with Crippen molar-refractivity contribution in [2.45, 2.75) is 24.4 Å². The van der Waals surface area contributed by atoms with Crippen molar-refractivity contribution in [3.8, 4) is 0 Å². The standard InChI is InChI=1S/C6H5F9O/c7-1-4(9,10)2-16-6(14,15)3(8)5(11,12)13/h3H,1-2H2. The van der Waals surface area contributed by atoms with Crippen LogP contribution in [-0.2, 0) is 4.74 Å². The summed E-state index contributed by atoms with van der Waals surface area (Å²) in [6, 6.07) is 0. The summed E-state index contributed by atoms with van der Waals surface area (Å²) in [5, 5.41) is 0. The van der Waals surface area contributed by atoms with Crippen molar-refractivity contribution >= 4 is 0 Å². The van der Waals surface area contributed by atoms with Gasteiger partial charge in [0.2, 0.25) is 0 Å². The fourth-order valence-corrected chi connectivity index (χ4v) is 0.504. The van der Waals surface area contributed by atoms with Crippen LogP contribution >= 0.6 is 0 Å². The summed E-state index contributed by atoms with van der Waals surface area (Å²) < 4.78 is 109. The predicted molar refractivity (Wildman–Crippen MR) is 32.8 cm³/mol. The van der Waals surface area contributed by atoms with Gasteiger partial charge < -0.3 is 4.74 Å². The molecule has 0 saturated carbocycles. The zero-order valence-electron chi connectivity index (χ0n) is 7.30. The maximum Gasteiger partial charge on any atom is 0.428 e. The third-order valence-electron chi connectivity index (χ3n) is 1.25. The van der Waals surface area contributed by atoms with E-state index in [0.29, 0.717) is 0 Å². The highest BCUT2D eigenvalue weighted by atomic mass is 19.4. The van der Waals surface area contributed by atoms with E-state index in [1.54, 1.807) is 0 Å². The van der Waals surface area contributed by atoms with Crippen molar-refractivity contribution in [3.63, 3.8) is 0 Å². The molecule has 0 aliphatic rings. The molecule has 0 aromatic rings. The van der Waals surface area contributed by atoms with Crippen molar-refractivity contribution in [1.82, 2.24) is 0 Å². The SMILES string of the molecule is FCC(F)(F)COC(F)(F)C(F)C(F)(F)F. The summed E-state index contributed by atoms with van der Waals surface area (Å²) in [6.45, 7) is -4.76. The van der Waals surface area contributed by atoms with Crippen LogP contribution in [0.2, 0.25) is 0 Å². The lowest BCUT2D eigenvalue weighted by atomic mass is 10.3. The van der Waals surface area contributed by atoms with Gasteiger partial charge in [0.15, 0.2) is 6.67 Å². The van der Waals surface area contributed by atoms with Gasteiger partial charge in [-0.3, -0.25) is 0 Å². The first kappa shape index (κ1) is 15.3. The zero-order valence-corrected chi connectivity index (χ0v) is 7.30. The van der Waals surface area contributed by atoms with Crippen molar-refractivity contribution < 1.29 is 44.3 Å². The van der Waals surface area contributed by atoms with Crippen LogP contribution in [0.1, 0.15) is 0 Å². The minimum Gasteiger partial charge on any atom is -0.311 e. The molecule has 1 unspecified atom stereocenters. The van der Waals surface area contributed by atoms with E-state index in [4.69, 9.17) is 0 Å². The lowest BCUT2D eigenvalue weighted by Gasteiger charge is -2.24. The van der Waals surface area contributed by atoms with Gasteiger partial charge in [-0.2, -0.15) is 22.0 Å². The van der Waals surface area contributed by atoms with Crippen molar-refractivity contribution in [3.05, 3.63) is 0 Å². The van der Waals surface area contributed by atoms with Gasteiger partial charge in [0, 0.05) is 0 Å². The molecule has 10 heteroatoms. The van der Waals surface area contributed by atoms with Gasteiger partial charge in [0.25, 0.3) is 12.1 Å². The van der Waals surface area contributed by atoms with Gasteiger partial charge in [-0.15, -0.1) is 0 Å². The lowest BCUT2D eigenvalue weighted by Crippen LogP contribution is -2.45. The van der Waals surface area contributed by atoms with E-state index in [1.807, 2.05) is 0 Å². The zero-order chi connectivity index (χ0) is 13.2. The Morgan fingerprint density at radius 1 is 0.938 bits per heavy atom. The van der Waals surface area contributed by atoms with Crippen LogP contribution < -0.4 is 0 Å². The summed E-state index contributed by atoms with van der Waals surface area (Å²) >= 11 is 0. The van der Waals surface area contributed by atoms with Gasteiger partial charge in [-0.1, -0.05) is 0 Å². The van der Waals surface area contributed by atoms with Crippen LogP contribution in [0.3, 0.4) is 0 Å². The maximum atomic E-state index is 12.2. The van der Waals surface area contributed by atoms with E-state index in [2.05, 4.69) is 4.74 Å². The molecule has 0 heterocycles. The van der Waals surface area contributed by atoms with E-state index in [-0.39, 0.29) is 0 Å². The molecule has 0 aromatic heterocycles. The highest BCUT2D eigenvalue weighted by Crippen LogP contribution is 2.36. The van der Waals surface area contributed by atoms with Crippen molar-refractivity contribution in [2.24, 2.45) is 0 Å². The Morgan fingerprint density at radius 2 is 1.38 bits per heavy atom. The van der Waals surface area contributed by atoms with Gasteiger partial charge in [-0.25, -0.2) is 17.6 Å². The predicted octanol–water partition coefficient (Wildman–Crippen LogP) is 3.10. The monoisotopic (exact) mass is 264 g/mol. The summed E-state index contributed by atoms with van der Waals surface area (Å²) in [7, 11) is 0. The first-order chi connectivity index (χ1) is 6.92.